The molecule has 4 aromatic carbocycles. The topological polar surface area (TPSA) is 4.41 Å². The summed E-state index contributed by atoms with van der Waals surface area (Å²) in [6, 6.07) is 27.0. The molecule has 1 heteroatoms. The number of hydrogen-bond acceptors (Lipinski definition) is 0. The largest absolute Gasteiger partial charge is 0.308 e. The van der Waals surface area contributed by atoms with E-state index >= 15 is 0 Å². The summed E-state index contributed by atoms with van der Waals surface area (Å²) in [6.45, 7) is 4.53. The highest BCUT2D eigenvalue weighted by atomic mass is 14.9. The molecule has 0 fully saturated rings. The third-order valence-corrected chi connectivity index (χ3v) is 5.88. The van der Waals surface area contributed by atoms with Gasteiger partial charge in [-0.15, -0.1) is 0 Å². The van der Waals surface area contributed by atoms with Gasteiger partial charge in [-0.3, -0.25) is 0 Å². The van der Waals surface area contributed by atoms with Gasteiger partial charge >= 0.3 is 0 Å². The predicted molar refractivity (Wildman–Crippen MR) is 113 cm³/mol. The second-order valence-electron chi connectivity index (χ2n) is 7.65. The van der Waals surface area contributed by atoms with Crippen molar-refractivity contribution in [3.63, 3.8) is 0 Å². The van der Waals surface area contributed by atoms with E-state index in [-0.39, 0.29) is 0 Å². The van der Waals surface area contributed by atoms with Gasteiger partial charge in [-0.25, -0.2) is 0 Å². The van der Waals surface area contributed by atoms with Crippen LogP contribution in [-0.2, 0) is 0 Å². The molecule has 6 aromatic rings. The van der Waals surface area contributed by atoms with Crippen LogP contribution in [0, 0.1) is 0 Å². The molecule has 0 bridgehead atoms. The van der Waals surface area contributed by atoms with Gasteiger partial charge in [0.05, 0.1) is 16.6 Å². The molecule has 26 heavy (non-hydrogen) atoms. The van der Waals surface area contributed by atoms with Crippen LogP contribution >= 0.6 is 0 Å². The fourth-order valence-corrected chi connectivity index (χ4v) is 4.62. The highest BCUT2D eigenvalue weighted by Gasteiger charge is 2.19. The summed E-state index contributed by atoms with van der Waals surface area (Å²) < 4.78 is 2.46. The van der Waals surface area contributed by atoms with Crippen molar-refractivity contribution in [2.24, 2.45) is 0 Å². The number of hydrogen-bond donors (Lipinski definition) is 0. The van der Waals surface area contributed by atoms with E-state index in [0.717, 1.165) is 0 Å². The minimum absolute atomic E-state index is 0.535. The number of aromatic nitrogens is 1. The minimum atomic E-state index is 0.535. The lowest BCUT2D eigenvalue weighted by molar-refractivity contribution is 0.869. The molecule has 0 unspecified atom stereocenters. The first-order valence-corrected chi connectivity index (χ1v) is 9.33. The zero-order chi connectivity index (χ0) is 17.4. The lowest BCUT2D eigenvalue weighted by Gasteiger charge is -2.06. The van der Waals surface area contributed by atoms with E-state index in [1.54, 1.807) is 0 Å². The van der Waals surface area contributed by atoms with Crippen molar-refractivity contribution >= 4 is 48.9 Å². The maximum Gasteiger partial charge on any atom is 0.0626 e. The number of fused-ring (bicyclic) bond motifs is 8. The summed E-state index contributed by atoms with van der Waals surface area (Å²) in [7, 11) is 0. The predicted octanol–water partition coefficient (Wildman–Crippen LogP) is 7.11. The Hall–Kier alpha value is -3.06. The molecular formula is C25H19N. The van der Waals surface area contributed by atoms with Crippen molar-refractivity contribution in [1.29, 1.82) is 0 Å². The first-order chi connectivity index (χ1) is 12.7. The van der Waals surface area contributed by atoms with Gasteiger partial charge in [-0.1, -0.05) is 62.4 Å². The van der Waals surface area contributed by atoms with Gasteiger partial charge < -0.3 is 4.40 Å². The van der Waals surface area contributed by atoms with Crippen LogP contribution in [0.4, 0.5) is 0 Å². The summed E-state index contributed by atoms with van der Waals surface area (Å²) in [5.74, 6) is 0.535. The molecule has 6 rings (SSSR count). The Balaban J connectivity index is 2.00. The van der Waals surface area contributed by atoms with Crippen LogP contribution in [0.1, 0.15) is 25.3 Å². The molecule has 2 heterocycles. The molecule has 124 valence electrons. The van der Waals surface area contributed by atoms with Crippen molar-refractivity contribution in [3.05, 3.63) is 78.4 Å². The van der Waals surface area contributed by atoms with Crippen LogP contribution < -0.4 is 0 Å². The standard InChI is InChI=1S/C25H19N/c1-15(2)16-11-12-23-20(13-16)21-14-17-7-3-4-8-18(17)24-19-9-5-6-10-22(19)26(23)25(21)24/h3-15H,1-2H3. The van der Waals surface area contributed by atoms with Crippen molar-refractivity contribution in [2.75, 3.05) is 0 Å². The monoisotopic (exact) mass is 333 g/mol. The van der Waals surface area contributed by atoms with Crippen molar-refractivity contribution in [1.82, 2.24) is 4.40 Å². The van der Waals surface area contributed by atoms with E-state index in [1.807, 2.05) is 0 Å². The molecule has 0 saturated heterocycles. The van der Waals surface area contributed by atoms with Crippen molar-refractivity contribution in [2.45, 2.75) is 19.8 Å². The Morgan fingerprint density at radius 1 is 0.654 bits per heavy atom. The SMILES string of the molecule is CC(C)c1ccc2c(c1)c1cc3ccccc3c3c4ccccc4n2c13. The van der Waals surface area contributed by atoms with Crippen molar-refractivity contribution < 1.29 is 0 Å². The molecule has 0 radical (unpaired) electrons. The molecule has 0 saturated carbocycles. The fraction of sp³-hybridized carbons (Fsp3) is 0.120. The second kappa shape index (κ2) is 4.76. The lowest BCUT2D eigenvalue weighted by Crippen LogP contribution is -1.87. The average Bonchev–Trinajstić information content (AvgIpc) is 3.18. The zero-order valence-electron chi connectivity index (χ0n) is 15.0. The molecule has 0 amide bonds. The van der Waals surface area contributed by atoms with Crippen molar-refractivity contribution in [3.8, 4) is 0 Å². The van der Waals surface area contributed by atoms with Gasteiger partial charge in [-0.05, 0) is 46.5 Å². The fourth-order valence-electron chi connectivity index (χ4n) is 4.62. The van der Waals surface area contributed by atoms with Gasteiger partial charge in [0.15, 0.2) is 0 Å². The summed E-state index contributed by atoms with van der Waals surface area (Å²) in [5, 5.41) is 8.13. The van der Waals surface area contributed by atoms with Crippen LogP contribution in [0.5, 0.6) is 0 Å². The summed E-state index contributed by atoms with van der Waals surface area (Å²) >= 11 is 0. The number of benzene rings is 4. The Morgan fingerprint density at radius 2 is 1.38 bits per heavy atom. The van der Waals surface area contributed by atoms with Crippen LogP contribution in [0.25, 0.3) is 48.9 Å². The minimum Gasteiger partial charge on any atom is -0.308 e. The van der Waals surface area contributed by atoms with Gasteiger partial charge in [-0.2, -0.15) is 0 Å². The molecular weight excluding hydrogens is 314 g/mol. The van der Waals surface area contributed by atoms with E-state index in [1.165, 1.54) is 54.4 Å². The maximum absolute atomic E-state index is 2.46. The lowest BCUT2D eigenvalue weighted by atomic mass is 9.98. The molecule has 0 aliphatic carbocycles. The van der Waals surface area contributed by atoms with E-state index in [4.69, 9.17) is 0 Å². The Labute approximate surface area is 151 Å². The number of nitrogens with zero attached hydrogens (tertiary/aromatic N) is 1. The zero-order valence-corrected chi connectivity index (χ0v) is 15.0. The molecule has 0 N–H and O–H groups in total. The van der Waals surface area contributed by atoms with Crippen LogP contribution in [0.2, 0.25) is 0 Å². The van der Waals surface area contributed by atoms with E-state index in [9.17, 15) is 0 Å². The first-order valence-electron chi connectivity index (χ1n) is 9.33. The number of rotatable bonds is 1. The Morgan fingerprint density at radius 3 is 2.23 bits per heavy atom. The van der Waals surface area contributed by atoms with Gasteiger partial charge in [0.25, 0.3) is 0 Å². The summed E-state index contributed by atoms with van der Waals surface area (Å²) in [4.78, 5) is 0. The Kier molecular flexibility index (Phi) is 2.59. The molecule has 0 atom stereocenters. The van der Waals surface area contributed by atoms with Gasteiger partial charge in [0, 0.05) is 21.5 Å². The van der Waals surface area contributed by atoms with Crippen LogP contribution in [-0.4, -0.2) is 4.40 Å². The van der Waals surface area contributed by atoms with E-state index < -0.39 is 0 Å². The molecule has 2 aromatic heterocycles. The van der Waals surface area contributed by atoms with Crippen LogP contribution in [0.15, 0.2) is 72.8 Å². The highest BCUT2D eigenvalue weighted by molar-refractivity contribution is 6.31. The summed E-state index contributed by atoms with van der Waals surface area (Å²) in [5.41, 5.74) is 5.38. The second-order valence-corrected chi connectivity index (χ2v) is 7.65. The third-order valence-electron chi connectivity index (χ3n) is 5.88. The van der Waals surface area contributed by atoms with Gasteiger partial charge in [0.1, 0.15) is 0 Å². The molecule has 0 spiro atoms. The first kappa shape index (κ1) is 14.1. The maximum atomic E-state index is 2.46. The van der Waals surface area contributed by atoms with E-state index in [2.05, 4.69) is 91.0 Å². The smallest absolute Gasteiger partial charge is 0.0626 e. The third kappa shape index (κ3) is 1.61. The highest BCUT2D eigenvalue weighted by Crippen LogP contribution is 2.43. The quantitative estimate of drug-likeness (QED) is 0.302. The number of para-hydroxylation sites is 1. The molecule has 0 aliphatic rings. The average molecular weight is 333 g/mol. The summed E-state index contributed by atoms with van der Waals surface area (Å²) in [6.07, 6.45) is 0. The van der Waals surface area contributed by atoms with Crippen LogP contribution in [0.3, 0.4) is 0 Å². The Bertz CT molecular complexity index is 1450. The van der Waals surface area contributed by atoms with E-state index in [0.29, 0.717) is 5.92 Å². The molecule has 1 nitrogen and oxygen atoms in total. The van der Waals surface area contributed by atoms with Gasteiger partial charge in [0.2, 0.25) is 0 Å². The normalized spacial score (nSPS) is 12.6. The molecule has 0 aliphatic heterocycles.